The fourth-order valence-corrected chi connectivity index (χ4v) is 5.49. The van der Waals surface area contributed by atoms with E-state index in [4.69, 9.17) is 4.74 Å². The molecule has 0 radical (unpaired) electrons. The number of esters is 1. The molecule has 0 aliphatic carbocycles. The molecule has 2 heterocycles. The van der Waals surface area contributed by atoms with Crippen molar-refractivity contribution in [3.05, 3.63) is 70.8 Å². The third kappa shape index (κ3) is 3.76. The lowest BCUT2D eigenvalue weighted by molar-refractivity contribution is -0.156. The van der Waals surface area contributed by atoms with Crippen molar-refractivity contribution in [2.24, 2.45) is 0 Å². The van der Waals surface area contributed by atoms with Gasteiger partial charge in [-0.2, -0.15) is 0 Å². The van der Waals surface area contributed by atoms with Crippen LogP contribution in [0.2, 0.25) is 0 Å². The van der Waals surface area contributed by atoms with Crippen molar-refractivity contribution in [2.75, 3.05) is 5.75 Å². The van der Waals surface area contributed by atoms with Gasteiger partial charge in [0.25, 0.3) is 0 Å². The van der Waals surface area contributed by atoms with Gasteiger partial charge in [-0.25, -0.2) is 4.79 Å². The molecule has 0 unspecified atom stereocenters. The summed E-state index contributed by atoms with van der Waals surface area (Å²) in [6, 6.07) is 14.0. The highest BCUT2D eigenvalue weighted by Gasteiger charge is 2.54. The van der Waals surface area contributed by atoms with Crippen molar-refractivity contribution in [3.8, 4) is 0 Å². The molecule has 2 aromatic carbocycles. The molecule has 3 atom stereocenters. The molecular weight excluding hydrogens is 398 g/mol. The molecule has 2 aliphatic rings. The number of benzene rings is 2. The second-order valence-electron chi connectivity index (χ2n) is 8.22. The smallest absolute Gasteiger partial charge is 0.330 e. The molecule has 2 fully saturated rings. The first-order chi connectivity index (χ1) is 14.3. The van der Waals surface area contributed by atoms with Gasteiger partial charge in [0.1, 0.15) is 6.04 Å². The van der Waals surface area contributed by atoms with Crippen LogP contribution >= 0.6 is 11.8 Å². The Hall–Kier alpha value is -2.60. The standard InChI is InChI=1S/C24H25NO4S/c1-15-4-8-17(9-5-15)21(27)22(18-10-6-16(2)7-11-18)29-23(28)19-14-30-24(3)13-12-20(26)25(19)24/h4-11,19,22H,12-14H2,1-3H3/t19-,22-,24-/m0/s1. The van der Waals surface area contributed by atoms with Crippen LogP contribution in [-0.2, 0) is 14.3 Å². The molecule has 4 rings (SSSR count). The second-order valence-corrected chi connectivity index (χ2v) is 9.72. The number of ketones is 1. The fraction of sp³-hybridized carbons (Fsp3) is 0.375. The molecule has 0 spiro atoms. The molecule has 0 aromatic heterocycles. The van der Waals surface area contributed by atoms with E-state index in [1.807, 2.05) is 57.2 Å². The Bertz CT molecular complexity index is 985. The van der Waals surface area contributed by atoms with E-state index in [-0.39, 0.29) is 16.6 Å². The lowest BCUT2D eigenvalue weighted by atomic mass is 9.98. The summed E-state index contributed by atoms with van der Waals surface area (Å²) in [6.07, 6.45) is 0.122. The normalized spacial score (nSPS) is 23.9. The lowest BCUT2D eigenvalue weighted by Gasteiger charge is -2.30. The molecule has 2 aromatic rings. The number of rotatable bonds is 5. The first-order valence-corrected chi connectivity index (χ1v) is 11.1. The van der Waals surface area contributed by atoms with E-state index in [0.717, 1.165) is 17.5 Å². The van der Waals surface area contributed by atoms with Crippen LogP contribution in [0.15, 0.2) is 48.5 Å². The van der Waals surface area contributed by atoms with Crippen LogP contribution in [0, 0.1) is 13.8 Å². The lowest BCUT2D eigenvalue weighted by Crippen LogP contribution is -2.47. The number of carbonyl (C=O) groups is 3. The number of amides is 1. The van der Waals surface area contributed by atoms with E-state index in [1.165, 1.54) is 0 Å². The summed E-state index contributed by atoms with van der Waals surface area (Å²) in [5, 5.41) is 0. The van der Waals surface area contributed by atoms with Crippen molar-refractivity contribution < 1.29 is 19.1 Å². The molecule has 156 valence electrons. The Balaban J connectivity index is 1.62. The van der Waals surface area contributed by atoms with Gasteiger partial charge in [-0.15, -0.1) is 11.8 Å². The summed E-state index contributed by atoms with van der Waals surface area (Å²) in [5.41, 5.74) is 3.21. The van der Waals surface area contributed by atoms with Gasteiger partial charge in [0, 0.05) is 23.3 Å². The maximum Gasteiger partial charge on any atom is 0.330 e. The Labute approximate surface area is 180 Å². The van der Waals surface area contributed by atoms with Crippen molar-refractivity contribution in [1.82, 2.24) is 4.90 Å². The zero-order valence-corrected chi connectivity index (χ0v) is 18.2. The Morgan fingerprint density at radius 3 is 2.30 bits per heavy atom. The van der Waals surface area contributed by atoms with Gasteiger partial charge in [0.2, 0.25) is 11.7 Å². The van der Waals surface area contributed by atoms with Crippen LogP contribution in [0.4, 0.5) is 0 Å². The number of nitrogens with zero attached hydrogens (tertiary/aromatic N) is 1. The SMILES string of the molecule is Cc1ccc(C(=O)[C@@H](OC(=O)[C@@H]2CS[C@@]3(C)CCC(=O)N23)c2ccc(C)cc2)cc1. The quantitative estimate of drug-likeness (QED) is 0.532. The third-order valence-electron chi connectivity index (χ3n) is 5.91. The van der Waals surface area contributed by atoms with Crippen molar-refractivity contribution in [2.45, 2.75) is 50.6 Å². The van der Waals surface area contributed by atoms with Crippen molar-refractivity contribution in [1.29, 1.82) is 0 Å². The van der Waals surface area contributed by atoms with Gasteiger partial charge >= 0.3 is 5.97 Å². The molecule has 1 amide bonds. The fourth-order valence-electron chi connectivity index (χ4n) is 4.07. The number of ether oxygens (including phenoxy) is 1. The van der Waals surface area contributed by atoms with E-state index < -0.39 is 18.1 Å². The van der Waals surface area contributed by atoms with E-state index in [1.54, 1.807) is 28.8 Å². The summed E-state index contributed by atoms with van der Waals surface area (Å²) in [7, 11) is 0. The second kappa shape index (κ2) is 7.91. The Kier molecular flexibility index (Phi) is 5.45. The highest BCUT2D eigenvalue weighted by Crippen LogP contribution is 2.47. The summed E-state index contributed by atoms with van der Waals surface area (Å²) in [6.45, 7) is 5.90. The van der Waals surface area contributed by atoms with E-state index in [2.05, 4.69) is 0 Å². The predicted molar refractivity (Wildman–Crippen MR) is 116 cm³/mol. The topological polar surface area (TPSA) is 63.7 Å². The number of hydrogen-bond donors (Lipinski definition) is 0. The van der Waals surface area contributed by atoms with Crippen LogP contribution in [0.3, 0.4) is 0 Å². The molecule has 0 saturated carbocycles. The number of fused-ring (bicyclic) bond motifs is 1. The highest BCUT2D eigenvalue weighted by atomic mass is 32.2. The number of thioether (sulfide) groups is 1. The van der Waals surface area contributed by atoms with Crippen molar-refractivity contribution >= 4 is 29.4 Å². The molecule has 2 saturated heterocycles. The van der Waals surface area contributed by atoms with Crippen molar-refractivity contribution in [3.63, 3.8) is 0 Å². The summed E-state index contributed by atoms with van der Waals surface area (Å²) >= 11 is 1.61. The molecule has 5 nitrogen and oxygen atoms in total. The molecule has 0 N–H and O–H groups in total. The minimum absolute atomic E-state index is 0.0267. The predicted octanol–water partition coefficient (Wildman–Crippen LogP) is 4.22. The monoisotopic (exact) mass is 423 g/mol. The molecule has 0 bridgehead atoms. The van der Waals surface area contributed by atoms with Crippen LogP contribution < -0.4 is 0 Å². The van der Waals surface area contributed by atoms with E-state index >= 15 is 0 Å². The van der Waals surface area contributed by atoms with Gasteiger partial charge in [0.15, 0.2) is 6.10 Å². The Morgan fingerprint density at radius 2 is 1.67 bits per heavy atom. The van der Waals surface area contributed by atoms with Crippen LogP contribution in [0.25, 0.3) is 0 Å². The molecule has 6 heteroatoms. The minimum Gasteiger partial charge on any atom is -0.447 e. The third-order valence-corrected chi connectivity index (χ3v) is 7.41. The van der Waals surface area contributed by atoms with Gasteiger partial charge in [-0.1, -0.05) is 59.7 Å². The van der Waals surface area contributed by atoms with E-state index in [0.29, 0.717) is 23.3 Å². The zero-order chi connectivity index (χ0) is 21.5. The average molecular weight is 424 g/mol. The van der Waals surface area contributed by atoms with Gasteiger partial charge < -0.3 is 9.64 Å². The maximum atomic E-state index is 13.3. The van der Waals surface area contributed by atoms with Gasteiger partial charge in [-0.3, -0.25) is 9.59 Å². The number of carbonyl (C=O) groups excluding carboxylic acids is 3. The molecular formula is C24H25NO4S. The van der Waals surface area contributed by atoms with Crippen LogP contribution in [-0.4, -0.2) is 39.2 Å². The summed E-state index contributed by atoms with van der Waals surface area (Å²) in [4.78, 5) is 40.1. The van der Waals surface area contributed by atoms with E-state index in [9.17, 15) is 14.4 Å². The molecule has 30 heavy (non-hydrogen) atoms. The maximum absolute atomic E-state index is 13.3. The minimum atomic E-state index is -1.05. The molecule has 2 aliphatic heterocycles. The average Bonchev–Trinajstić information content (AvgIpc) is 3.22. The highest BCUT2D eigenvalue weighted by molar-refractivity contribution is 8.01. The first-order valence-electron chi connectivity index (χ1n) is 10.1. The van der Waals surface area contributed by atoms with Gasteiger partial charge in [-0.05, 0) is 27.2 Å². The first kappa shape index (κ1) is 20.7. The number of Topliss-reactive ketones (excluding diaryl/α,β-unsaturated/α-hetero) is 1. The number of hydrogen-bond acceptors (Lipinski definition) is 5. The zero-order valence-electron chi connectivity index (χ0n) is 17.4. The Morgan fingerprint density at radius 1 is 1.07 bits per heavy atom. The van der Waals surface area contributed by atoms with Gasteiger partial charge in [0.05, 0.1) is 4.87 Å². The largest absolute Gasteiger partial charge is 0.447 e. The summed E-state index contributed by atoms with van der Waals surface area (Å²) in [5.74, 6) is -0.331. The number of aryl methyl sites for hydroxylation is 2. The van der Waals surface area contributed by atoms with Crippen LogP contribution in [0.5, 0.6) is 0 Å². The van der Waals surface area contributed by atoms with Crippen LogP contribution in [0.1, 0.15) is 52.9 Å². The summed E-state index contributed by atoms with van der Waals surface area (Å²) < 4.78 is 5.81.